The van der Waals surface area contributed by atoms with E-state index in [4.69, 9.17) is 19.2 Å². The summed E-state index contributed by atoms with van der Waals surface area (Å²) in [5.41, 5.74) is 3.93. The van der Waals surface area contributed by atoms with Crippen LogP contribution in [0.15, 0.2) is 59.8 Å². The van der Waals surface area contributed by atoms with Crippen molar-refractivity contribution >= 4 is 23.0 Å². The van der Waals surface area contributed by atoms with E-state index in [1.54, 1.807) is 14.2 Å². The van der Waals surface area contributed by atoms with Gasteiger partial charge in [-0.3, -0.25) is 4.57 Å². The Labute approximate surface area is 168 Å². The minimum atomic E-state index is -0.399. The van der Waals surface area contributed by atoms with Crippen LogP contribution in [0.2, 0.25) is 0 Å². The Hall–Kier alpha value is -3.32. The van der Waals surface area contributed by atoms with Crippen LogP contribution in [0.3, 0.4) is 0 Å². The number of aromatic nitrogens is 2. The van der Waals surface area contributed by atoms with Crippen molar-refractivity contribution in [2.45, 2.75) is 13.0 Å². The average molecular weight is 393 g/mol. The second kappa shape index (κ2) is 7.97. The minimum Gasteiger partial charge on any atom is -0.497 e. The summed E-state index contributed by atoms with van der Waals surface area (Å²) in [6, 6.07) is 15.2. The molecule has 0 aliphatic carbocycles. The highest BCUT2D eigenvalue weighted by Crippen LogP contribution is 2.40. The number of para-hydroxylation sites is 2. The van der Waals surface area contributed by atoms with Gasteiger partial charge in [0.1, 0.15) is 12.4 Å². The number of carbonyl (C=O) groups excluding carboxylic acids is 1. The van der Waals surface area contributed by atoms with Crippen LogP contribution in [0.25, 0.3) is 11.0 Å². The molecule has 0 saturated carbocycles. The summed E-state index contributed by atoms with van der Waals surface area (Å²) in [6.45, 7) is 2.39. The van der Waals surface area contributed by atoms with Crippen LogP contribution in [-0.2, 0) is 14.3 Å². The summed E-state index contributed by atoms with van der Waals surface area (Å²) in [6.07, 6.45) is 0. The molecule has 1 atom stereocenters. The molecule has 29 heavy (non-hydrogen) atoms. The third-order valence-corrected chi connectivity index (χ3v) is 4.98. The maximum absolute atomic E-state index is 13.0. The fourth-order valence-corrected chi connectivity index (χ4v) is 3.65. The minimum absolute atomic E-state index is 0.189. The number of benzene rings is 2. The van der Waals surface area contributed by atoms with Crippen LogP contribution in [0, 0.1) is 0 Å². The summed E-state index contributed by atoms with van der Waals surface area (Å²) in [7, 11) is 3.20. The first-order chi connectivity index (χ1) is 14.1. The molecule has 0 spiro atoms. The monoisotopic (exact) mass is 393 g/mol. The molecule has 1 aliphatic heterocycles. The lowest BCUT2D eigenvalue weighted by atomic mass is 9.95. The second-order valence-corrected chi connectivity index (χ2v) is 6.77. The van der Waals surface area contributed by atoms with E-state index < -0.39 is 6.04 Å². The zero-order chi connectivity index (χ0) is 20.4. The van der Waals surface area contributed by atoms with Gasteiger partial charge in [-0.15, -0.1) is 0 Å². The van der Waals surface area contributed by atoms with Gasteiger partial charge in [0.05, 0.1) is 36.4 Å². The Kier molecular flexibility index (Phi) is 5.22. The van der Waals surface area contributed by atoms with Crippen LogP contribution in [0.1, 0.15) is 18.5 Å². The highest BCUT2D eigenvalue weighted by Gasteiger charge is 2.35. The van der Waals surface area contributed by atoms with Crippen molar-refractivity contribution in [2.24, 2.45) is 0 Å². The van der Waals surface area contributed by atoms with Gasteiger partial charge in [-0.05, 0) is 36.8 Å². The van der Waals surface area contributed by atoms with Gasteiger partial charge in [0, 0.05) is 12.8 Å². The van der Waals surface area contributed by atoms with Crippen LogP contribution in [0.5, 0.6) is 5.75 Å². The Balaban J connectivity index is 1.88. The molecule has 1 N–H and O–H groups in total. The fourth-order valence-electron chi connectivity index (χ4n) is 3.65. The normalized spacial score (nSPS) is 15.8. The third kappa shape index (κ3) is 3.45. The number of methoxy groups -OCH3 is 2. The zero-order valence-corrected chi connectivity index (χ0v) is 16.6. The van der Waals surface area contributed by atoms with E-state index >= 15 is 0 Å². The molecule has 1 unspecified atom stereocenters. The number of hydrogen-bond donors (Lipinski definition) is 1. The molecule has 4 rings (SSSR count). The number of nitrogens with zero attached hydrogens (tertiary/aromatic N) is 2. The zero-order valence-electron chi connectivity index (χ0n) is 16.6. The quantitative estimate of drug-likeness (QED) is 0.510. The number of hydrogen-bond acceptors (Lipinski definition) is 6. The summed E-state index contributed by atoms with van der Waals surface area (Å²) in [5.74, 6) is 1.02. The predicted octanol–water partition coefficient (Wildman–Crippen LogP) is 3.52. The number of rotatable bonds is 6. The van der Waals surface area contributed by atoms with Crippen LogP contribution >= 0.6 is 0 Å². The van der Waals surface area contributed by atoms with Gasteiger partial charge in [0.15, 0.2) is 0 Å². The molecule has 0 amide bonds. The van der Waals surface area contributed by atoms with E-state index in [0.29, 0.717) is 23.8 Å². The first-order valence-corrected chi connectivity index (χ1v) is 9.38. The molecule has 1 aromatic heterocycles. The average Bonchev–Trinajstić information content (AvgIpc) is 3.10. The van der Waals surface area contributed by atoms with Crippen molar-refractivity contribution in [3.8, 4) is 5.75 Å². The van der Waals surface area contributed by atoms with Gasteiger partial charge < -0.3 is 19.5 Å². The molecule has 2 heterocycles. The molecule has 150 valence electrons. The van der Waals surface area contributed by atoms with Crippen molar-refractivity contribution in [1.82, 2.24) is 9.55 Å². The lowest BCUT2D eigenvalue weighted by molar-refractivity contribution is -0.140. The summed E-state index contributed by atoms with van der Waals surface area (Å²) in [4.78, 5) is 17.8. The Bertz CT molecular complexity index is 1090. The molecule has 0 radical (unpaired) electrons. The van der Waals surface area contributed by atoms with Crippen molar-refractivity contribution in [3.05, 3.63) is 65.4 Å². The number of anilines is 1. The Morgan fingerprint density at radius 3 is 2.76 bits per heavy atom. The molecular formula is C22H23N3O4. The van der Waals surface area contributed by atoms with Gasteiger partial charge in [-0.2, -0.15) is 0 Å². The molecule has 7 nitrogen and oxygen atoms in total. The predicted molar refractivity (Wildman–Crippen MR) is 110 cm³/mol. The Morgan fingerprint density at radius 1 is 1.14 bits per heavy atom. The van der Waals surface area contributed by atoms with Crippen molar-refractivity contribution in [1.29, 1.82) is 0 Å². The second-order valence-electron chi connectivity index (χ2n) is 6.77. The van der Waals surface area contributed by atoms with E-state index in [9.17, 15) is 4.79 Å². The van der Waals surface area contributed by atoms with E-state index in [-0.39, 0.29) is 12.6 Å². The highest BCUT2D eigenvalue weighted by atomic mass is 16.6. The maximum atomic E-state index is 13.0. The first-order valence-electron chi connectivity index (χ1n) is 9.38. The third-order valence-electron chi connectivity index (χ3n) is 4.98. The number of nitrogens with one attached hydrogen (secondary N) is 1. The molecular weight excluding hydrogens is 370 g/mol. The molecule has 0 saturated heterocycles. The standard InChI is InChI=1S/C22H23N3O4/c1-14-19(21(26)29-12-11-27-2)20(15-7-6-8-16(13-15)28-3)25-18-10-5-4-9-17(18)24-22(25)23-14/h4-10,13,20H,11-12H2,1-3H3,(H,23,24). The summed E-state index contributed by atoms with van der Waals surface area (Å²) < 4.78 is 17.9. The van der Waals surface area contributed by atoms with Crippen LogP contribution < -0.4 is 10.1 Å². The molecule has 7 heteroatoms. The summed E-state index contributed by atoms with van der Waals surface area (Å²) in [5, 5.41) is 3.27. The van der Waals surface area contributed by atoms with Gasteiger partial charge in [-0.1, -0.05) is 24.3 Å². The number of ether oxygens (including phenoxy) is 3. The molecule has 2 aromatic carbocycles. The van der Waals surface area contributed by atoms with E-state index in [0.717, 1.165) is 22.3 Å². The lowest BCUT2D eigenvalue weighted by Crippen LogP contribution is -2.29. The topological polar surface area (TPSA) is 74.6 Å². The fraction of sp³-hybridized carbons (Fsp3) is 0.273. The molecule has 3 aromatic rings. The van der Waals surface area contributed by atoms with Gasteiger partial charge in [0.2, 0.25) is 5.95 Å². The Morgan fingerprint density at radius 2 is 1.97 bits per heavy atom. The number of carbonyl (C=O) groups is 1. The summed E-state index contributed by atoms with van der Waals surface area (Å²) >= 11 is 0. The number of fused-ring (bicyclic) bond motifs is 3. The van der Waals surface area contributed by atoms with Crippen LogP contribution in [0.4, 0.5) is 5.95 Å². The van der Waals surface area contributed by atoms with E-state index in [1.165, 1.54) is 0 Å². The number of esters is 1. The largest absolute Gasteiger partial charge is 0.497 e. The molecule has 0 bridgehead atoms. The number of allylic oxidation sites excluding steroid dienone is 1. The van der Waals surface area contributed by atoms with Crippen LogP contribution in [-0.4, -0.2) is 43.0 Å². The maximum Gasteiger partial charge on any atom is 0.338 e. The van der Waals surface area contributed by atoms with Gasteiger partial charge >= 0.3 is 5.97 Å². The van der Waals surface area contributed by atoms with Crippen molar-refractivity contribution in [3.63, 3.8) is 0 Å². The van der Waals surface area contributed by atoms with E-state index in [1.807, 2.05) is 60.0 Å². The number of imidazole rings is 1. The smallest absolute Gasteiger partial charge is 0.338 e. The first kappa shape index (κ1) is 19.0. The highest BCUT2D eigenvalue weighted by molar-refractivity contribution is 5.94. The lowest BCUT2D eigenvalue weighted by Gasteiger charge is -2.30. The molecule has 1 aliphatic rings. The van der Waals surface area contributed by atoms with Gasteiger partial charge in [0.25, 0.3) is 0 Å². The SMILES string of the molecule is COCCOC(=O)C1=C(C)Nc2nc3ccccc3n2C1c1cccc(OC)c1. The van der Waals surface area contributed by atoms with Gasteiger partial charge in [-0.25, -0.2) is 9.78 Å². The van der Waals surface area contributed by atoms with Crippen molar-refractivity contribution in [2.75, 3.05) is 32.8 Å². The van der Waals surface area contributed by atoms with E-state index in [2.05, 4.69) is 5.32 Å². The van der Waals surface area contributed by atoms with Crippen molar-refractivity contribution < 1.29 is 19.0 Å². The molecule has 0 fully saturated rings.